The Morgan fingerprint density at radius 1 is 1.45 bits per heavy atom. The number of piperidine rings is 1. The molecule has 1 aliphatic rings. The standard InChI is InChI=1S/C15H18N4O3/c1-2-12-17-14(22-18-12)11-4-3-7-16-13(11)19-8-5-10(6-9-19)15(20)21/h3-4,7,10H,2,5-6,8-9H2,1H3,(H,20,21). The second-order valence-corrected chi connectivity index (χ2v) is 5.34. The first kappa shape index (κ1) is 14.5. The Morgan fingerprint density at radius 3 is 2.86 bits per heavy atom. The first-order chi connectivity index (χ1) is 10.7. The number of anilines is 1. The van der Waals surface area contributed by atoms with Crippen LogP contribution in [0.1, 0.15) is 25.6 Å². The molecule has 1 aliphatic heterocycles. The van der Waals surface area contributed by atoms with Crippen LogP contribution in [0.15, 0.2) is 22.9 Å². The van der Waals surface area contributed by atoms with Gasteiger partial charge >= 0.3 is 5.97 Å². The Bertz CT molecular complexity index is 662. The normalized spacial score (nSPS) is 16.0. The van der Waals surface area contributed by atoms with Gasteiger partial charge in [0, 0.05) is 25.7 Å². The summed E-state index contributed by atoms with van der Waals surface area (Å²) in [6, 6.07) is 3.73. The lowest BCUT2D eigenvalue weighted by molar-refractivity contribution is -0.142. The number of hydrogen-bond donors (Lipinski definition) is 1. The third-order valence-corrected chi connectivity index (χ3v) is 3.95. The predicted octanol–water partition coefficient (Wildman–Crippen LogP) is 1.99. The zero-order valence-corrected chi connectivity index (χ0v) is 12.4. The first-order valence-corrected chi connectivity index (χ1v) is 7.44. The van der Waals surface area contributed by atoms with Gasteiger partial charge in [-0.15, -0.1) is 0 Å². The number of aromatic nitrogens is 3. The summed E-state index contributed by atoms with van der Waals surface area (Å²) in [5.74, 6) is 0.913. The van der Waals surface area contributed by atoms with Crippen LogP contribution in [-0.4, -0.2) is 39.3 Å². The van der Waals surface area contributed by atoms with Gasteiger partial charge in [0.15, 0.2) is 5.82 Å². The van der Waals surface area contributed by atoms with E-state index in [2.05, 4.69) is 20.0 Å². The summed E-state index contributed by atoms with van der Waals surface area (Å²) in [6.07, 6.45) is 3.67. The smallest absolute Gasteiger partial charge is 0.306 e. The van der Waals surface area contributed by atoms with Crippen LogP contribution in [0.2, 0.25) is 0 Å². The third kappa shape index (κ3) is 2.79. The van der Waals surface area contributed by atoms with E-state index in [1.165, 1.54) is 0 Å². The maximum Gasteiger partial charge on any atom is 0.306 e. The number of aliphatic carboxylic acids is 1. The first-order valence-electron chi connectivity index (χ1n) is 7.44. The van der Waals surface area contributed by atoms with E-state index >= 15 is 0 Å². The zero-order chi connectivity index (χ0) is 15.5. The number of carboxylic acid groups (broad SMARTS) is 1. The molecule has 0 aliphatic carbocycles. The average Bonchev–Trinajstić information content (AvgIpc) is 3.04. The van der Waals surface area contributed by atoms with E-state index in [9.17, 15) is 4.79 Å². The van der Waals surface area contributed by atoms with Crippen LogP contribution in [0, 0.1) is 5.92 Å². The highest BCUT2D eigenvalue weighted by Crippen LogP contribution is 2.30. The Labute approximate surface area is 128 Å². The second kappa shape index (κ2) is 6.13. The number of pyridine rings is 1. The molecule has 3 rings (SSSR count). The fourth-order valence-electron chi connectivity index (χ4n) is 2.66. The largest absolute Gasteiger partial charge is 0.481 e. The monoisotopic (exact) mass is 302 g/mol. The van der Waals surface area contributed by atoms with E-state index in [0.717, 1.165) is 11.4 Å². The maximum absolute atomic E-state index is 11.1. The van der Waals surface area contributed by atoms with Crippen LogP contribution >= 0.6 is 0 Å². The minimum atomic E-state index is -0.717. The number of aryl methyl sites for hydroxylation is 1. The lowest BCUT2D eigenvalue weighted by Crippen LogP contribution is -2.37. The summed E-state index contributed by atoms with van der Waals surface area (Å²) in [7, 11) is 0. The Balaban J connectivity index is 1.84. The molecule has 3 heterocycles. The van der Waals surface area contributed by atoms with Crippen molar-refractivity contribution in [3.63, 3.8) is 0 Å². The molecule has 2 aromatic heterocycles. The number of carbonyl (C=O) groups is 1. The van der Waals surface area contributed by atoms with Crippen molar-refractivity contribution in [1.82, 2.24) is 15.1 Å². The number of nitrogens with zero attached hydrogens (tertiary/aromatic N) is 4. The van der Waals surface area contributed by atoms with Crippen LogP contribution in [-0.2, 0) is 11.2 Å². The van der Waals surface area contributed by atoms with Crippen LogP contribution in [0.25, 0.3) is 11.5 Å². The maximum atomic E-state index is 11.1. The van der Waals surface area contributed by atoms with Gasteiger partial charge in [-0.2, -0.15) is 4.98 Å². The lowest BCUT2D eigenvalue weighted by Gasteiger charge is -2.31. The molecule has 7 nitrogen and oxygen atoms in total. The molecule has 0 radical (unpaired) electrons. The van der Waals surface area contributed by atoms with Crippen LogP contribution < -0.4 is 4.90 Å². The lowest BCUT2D eigenvalue weighted by atomic mass is 9.97. The van der Waals surface area contributed by atoms with Crippen molar-refractivity contribution in [1.29, 1.82) is 0 Å². The molecule has 2 aromatic rings. The third-order valence-electron chi connectivity index (χ3n) is 3.95. The van der Waals surface area contributed by atoms with Gasteiger partial charge in [0.25, 0.3) is 5.89 Å². The molecule has 0 amide bonds. The zero-order valence-electron chi connectivity index (χ0n) is 12.4. The molecular weight excluding hydrogens is 284 g/mol. The Hall–Kier alpha value is -2.44. The van der Waals surface area contributed by atoms with Crippen LogP contribution in [0.3, 0.4) is 0 Å². The van der Waals surface area contributed by atoms with E-state index < -0.39 is 5.97 Å². The van der Waals surface area contributed by atoms with Gasteiger partial charge in [0.05, 0.1) is 11.5 Å². The summed E-state index contributed by atoms with van der Waals surface area (Å²) in [6.45, 7) is 3.29. The van der Waals surface area contributed by atoms with Crippen molar-refractivity contribution in [2.45, 2.75) is 26.2 Å². The van der Waals surface area contributed by atoms with Crippen LogP contribution in [0.4, 0.5) is 5.82 Å². The van der Waals surface area contributed by atoms with Crippen molar-refractivity contribution >= 4 is 11.8 Å². The number of carboxylic acids is 1. The second-order valence-electron chi connectivity index (χ2n) is 5.34. The molecule has 1 N–H and O–H groups in total. The van der Waals surface area contributed by atoms with Crippen molar-refractivity contribution in [2.24, 2.45) is 5.92 Å². The highest BCUT2D eigenvalue weighted by molar-refractivity contribution is 5.72. The van der Waals surface area contributed by atoms with E-state index in [1.807, 2.05) is 19.1 Å². The Kier molecular flexibility index (Phi) is 4.04. The molecule has 0 unspecified atom stereocenters. The van der Waals surface area contributed by atoms with E-state index in [1.54, 1.807) is 6.20 Å². The molecule has 1 saturated heterocycles. The van der Waals surface area contributed by atoms with Gasteiger partial charge in [-0.1, -0.05) is 12.1 Å². The number of rotatable bonds is 4. The molecule has 0 bridgehead atoms. The van der Waals surface area contributed by atoms with Crippen molar-refractivity contribution < 1.29 is 14.4 Å². The minimum absolute atomic E-state index is 0.265. The summed E-state index contributed by atoms with van der Waals surface area (Å²) < 4.78 is 5.31. The van der Waals surface area contributed by atoms with Gasteiger partial charge in [-0.3, -0.25) is 4.79 Å². The SMILES string of the molecule is CCc1noc(-c2cccnc2N2CCC(C(=O)O)CC2)n1. The molecule has 22 heavy (non-hydrogen) atoms. The molecule has 0 aromatic carbocycles. The predicted molar refractivity (Wildman–Crippen MR) is 79.5 cm³/mol. The molecule has 0 spiro atoms. The Morgan fingerprint density at radius 2 is 2.23 bits per heavy atom. The van der Waals surface area contributed by atoms with Crippen LogP contribution in [0.5, 0.6) is 0 Å². The van der Waals surface area contributed by atoms with Gasteiger partial charge < -0.3 is 14.5 Å². The molecule has 1 fully saturated rings. The average molecular weight is 302 g/mol. The fourth-order valence-corrected chi connectivity index (χ4v) is 2.66. The van der Waals surface area contributed by atoms with E-state index in [-0.39, 0.29) is 5.92 Å². The van der Waals surface area contributed by atoms with Gasteiger partial charge in [0.2, 0.25) is 0 Å². The van der Waals surface area contributed by atoms with Crippen molar-refractivity contribution in [3.8, 4) is 11.5 Å². The van der Waals surface area contributed by atoms with E-state index in [4.69, 9.17) is 9.63 Å². The number of hydrogen-bond acceptors (Lipinski definition) is 6. The molecular formula is C15H18N4O3. The van der Waals surface area contributed by atoms with Gasteiger partial charge in [0.1, 0.15) is 5.82 Å². The highest BCUT2D eigenvalue weighted by atomic mass is 16.5. The van der Waals surface area contributed by atoms with Gasteiger partial charge in [-0.25, -0.2) is 4.98 Å². The molecule has 7 heteroatoms. The minimum Gasteiger partial charge on any atom is -0.481 e. The summed E-state index contributed by atoms with van der Waals surface area (Å²) >= 11 is 0. The topological polar surface area (TPSA) is 92.4 Å². The fraction of sp³-hybridized carbons (Fsp3) is 0.467. The molecule has 0 atom stereocenters. The summed E-state index contributed by atoms with van der Waals surface area (Å²) in [4.78, 5) is 21.9. The summed E-state index contributed by atoms with van der Waals surface area (Å²) in [5.41, 5.74) is 0.795. The highest BCUT2D eigenvalue weighted by Gasteiger charge is 2.27. The van der Waals surface area contributed by atoms with Gasteiger partial charge in [-0.05, 0) is 25.0 Å². The van der Waals surface area contributed by atoms with Crippen molar-refractivity contribution in [3.05, 3.63) is 24.2 Å². The molecule has 116 valence electrons. The molecule has 0 saturated carbocycles. The van der Waals surface area contributed by atoms with E-state index in [0.29, 0.717) is 44.1 Å². The van der Waals surface area contributed by atoms with Crippen molar-refractivity contribution in [2.75, 3.05) is 18.0 Å². The quantitative estimate of drug-likeness (QED) is 0.923. The summed E-state index contributed by atoms with van der Waals surface area (Å²) in [5, 5.41) is 13.0.